The van der Waals surface area contributed by atoms with Gasteiger partial charge in [0.25, 0.3) is 0 Å². The summed E-state index contributed by atoms with van der Waals surface area (Å²) in [6, 6.07) is 6.28. The second-order valence-electron chi connectivity index (χ2n) is 2.58. The number of hydrogen-bond acceptors (Lipinski definition) is 0. The second-order valence-corrected chi connectivity index (χ2v) is 11.1. The first-order chi connectivity index (χ1) is 5.09. The van der Waals surface area contributed by atoms with Crippen LogP contribution in [0.15, 0.2) is 18.2 Å². The molecule has 0 aliphatic rings. The van der Waals surface area contributed by atoms with Crippen molar-refractivity contribution in [3.63, 3.8) is 0 Å². The fourth-order valence-electron chi connectivity index (χ4n) is 1.05. The van der Waals surface area contributed by atoms with Crippen LogP contribution in [-0.4, -0.2) is 17.9 Å². The average Bonchev–Trinajstić information content (AvgIpc) is 1.85. The van der Waals surface area contributed by atoms with Crippen LogP contribution >= 0.6 is 17.7 Å². The van der Waals surface area contributed by atoms with Crippen molar-refractivity contribution in [2.45, 2.75) is 13.8 Å². The molecule has 60 valence electrons. The Hall–Kier alpha value is 0.618. The molecule has 11 heavy (non-hydrogen) atoms. The van der Waals surface area contributed by atoms with Crippen LogP contribution in [0, 0.1) is 13.8 Å². The fourth-order valence-corrected chi connectivity index (χ4v) is 4.08. The van der Waals surface area contributed by atoms with Crippen LogP contribution in [0.2, 0.25) is 0 Å². The SMILES string of the molecule is Cc1cc(C)c[c]([Sb]([Cl])[Cl])c1. The number of aryl methyl sites for hydroxylation is 2. The Balaban J connectivity index is 3.08. The third-order valence-corrected chi connectivity index (χ3v) is 5.87. The maximum absolute atomic E-state index is 5.90. The summed E-state index contributed by atoms with van der Waals surface area (Å²) in [7, 11) is 11.8. The van der Waals surface area contributed by atoms with Crippen molar-refractivity contribution in [3.8, 4) is 0 Å². The number of benzene rings is 1. The average molecular weight is 298 g/mol. The Kier molecular flexibility index (Phi) is 3.55. The van der Waals surface area contributed by atoms with Gasteiger partial charge in [-0.05, 0) is 0 Å². The molecule has 0 amide bonds. The molecule has 0 heterocycles. The van der Waals surface area contributed by atoms with Crippen molar-refractivity contribution in [1.29, 1.82) is 0 Å². The van der Waals surface area contributed by atoms with Crippen LogP contribution in [0.1, 0.15) is 11.1 Å². The van der Waals surface area contributed by atoms with Crippen molar-refractivity contribution >= 4 is 39.1 Å². The molecule has 3 heteroatoms. The predicted molar refractivity (Wildman–Crippen MR) is 53.0 cm³/mol. The molecular weight excluding hydrogens is 289 g/mol. The molecule has 0 atom stereocenters. The predicted octanol–water partition coefficient (Wildman–Crippen LogP) is 2.48. The van der Waals surface area contributed by atoms with Crippen molar-refractivity contribution in [1.82, 2.24) is 0 Å². The second kappa shape index (κ2) is 4.03. The van der Waals surface area contributed by atoms with Gasteiger partial charge in [0.2, 0.25) is 0 Å². The third-order valence-electron chi connectivity index (χ3n) is 1.40. The van der Waals surface area contributed by atoms with Crippen molar-refractivity contribution < 1.29 is 0 Å². The van der Waals surface area contributed by atoms with Gasteiger partial charge in [0.15, 0.2) is 0 Å². The van der Waals surface area contributed by atoms with E-state index >= 15 is 0 Å². The molecule has 0 aliphatic heterocycles. The van der Waals surface area contributed by atoms with Crippen molar-refractivity contribution in [3.05, 3.63) is 29.3 Å². The summed E-state index contributed by atoms with van der Waals surface area (Å²) in [5.74, 6) is 0. The molecule has 0 saturated carbocycles. The fraction of sp³-hybridized carbons (Fsp3) is 0.250. The molecule has 0 spiro atoms. The summed E-state index contributed by atoms with van der Waals surface area (Å²) >= 11 is -2.03. The summed E-state index contributed by atoms with van der Waals surface area (Å²) in [6.07, 6.45) is 0. The van der Waals surface area contributed by atoms with Gasteiger partial charge in [-0.3, -0.25) is 0 Å². The summed E-state index contributed by atoms with van der Waals surface area (Å²) < 4.78 is 1.16. The molecule has 0 unspecified atom stereocenters. The first-order valence-electron chi connectivity index (χ1n) is 3.29. The van der Waals surface area contributed by atoms with Gasteiger partial charge in [0, 0.05) is 0 Å². The summed E-state index contributed by atoms with van der Waals surface area (Å²) in [5.41, 5.74) is 2.49. The molecule has 0 bridgehead atoms. The van der Waals surface area contributed by atoms with Crippen LogP contribution in [0.5, 0.6) is 0 Å². The standard InChI is InChI=1S/C8H9.2ClH.Sb/c1-7-4-3-5-8(2)6-7;;;/h4-6H,1-2H3;2*1H;/q;;;+2/p-2. The summed E-state index contributed by atoms with van der Waals surface area (Å²) in [5, 5.41) is 0. The molecule has 0 fully saturated rings. The first kappa shape index (κ1) is 9.70. The maximum atomic E-state index is 5.90. The van der Waals surface area contributed by atoms with E-state index < -0.39 is 17.9 Å². The van der Waals surface area contributed by atoms with Gasteiger partial charge >= 0.3 is 82.3 Å². The van der Waals surface area contributed by atoms with E-state index in [1.807, 2.05) is 0 Å². The Morgan fingerprint density at radius 1 is 1.00 bits per heavy atom. The third kappa shape index (κ3) is 2.86. The van der Waals surface area contributed by atoms with Crippen LogP contribution in [0.4, 0.5) is 0 Å². The van der Waals surface area contributed by atoms with E-state index in [9.17, 15) is 0 Å². The zero-order chi connectivity index (χ0) is 8.43. The molecule has 1 aromatic rings. The quantitative estimate of drug-likeness (QED) is 0.699. The van der Waals surface area contributed by atoms with Crippen molar-refractivity contribution in [2.24, 2.45) is 0 Å². The van der Waals surface area contributed by atoms with Gasteiger partial charge in [-0.15, -0.1) is 0 Å². The Morgan fingerprint density at radius 3 is 1.82 bits per heavy atom. The molecule has 1 aromatic carbocycles. The van der Waals surface area contributed by atoms with Gasteiger partial charge in [-0.2, -0.15) is 0 Å². The van der Waals surface area contributed by atoms with Crippen LogP contribution in [0.3, 0.4) is 0 Å². The Morgan fingerprint density at radius 2 is 1.45 bits per heavy atom. The number of halogens is 2. The molecule has 0 nitrogen and oxygen atoms in total. The summed E-state index contributed by atoms with van der Waals surface area (Å²) in [4.78, 5) is 0. The van der Waals surface area contributed by atoms with Gasteiger partial charge < -0.3 is 0 Å². The van der Waals surface area contributed by atoms with Crippen LogP contribution < -0.4 is 3.51 Å². The zero-order valence-electron chi connectivity index (χ0n) is 6.44. The molecule has 0 aromatic heterocycles. The molecule has 0 saturated heterocycles. The monoisotopic (exact) mass is 296 g/mol. The summed E-state index contributed by atoms with van der Waals surface area (Å²) in [6.45, 7) is 4.13. The Bertz CT molecular complexity index is 238. The van der Waals surface area contributed by atoms with Gasteiger partial charge in [0.05, 0.1) is 0 Å². The van der Waals surface area contributed by atoms with Gasteiger partial charge in [-0.1, -0.05) is 0 Å². The van der Waals surface area contributed by atoms with E-state index in [1.54, 1.807) is 0 Å². The molecule has 0 radical (unpaired) electrons. The van der Waals surface area contributed by atoms with E-state index in [4.69, 9.17) is 17.7 Å². The first-order valence-corrected chi connectivity index (χ1v) is 11.0. The Labute approximate surface area is 81.8 Å². The zero-order valence-corrected chi connectivity index (χ0v) is 10.5. The molecule has 1 rings (SSSR count). The van der Waals surface area contributed by atoms with E-state index in [1.165, 1.54) is 11.1 Å². The molecule has 0 N–H and O–H groups in total. The minimum absolute atomic E-state index is 1.16. The van der Waals surface area contributed by atoms with E-state index in [0.29, 0.717) is 0 Å². The number of hydrogen-bond donors (Lipinski definition) is 0. The van der Waals surface area contributed by atoms with E-state index in [0.717, 1.165) is 3.51 Å². The number of rotatable bonds is 1. The molecule has 0 aliphatic carbocycles. The van der Waals surface area contributed by atoms with Crippen LogP contribution in [-0.2, 0) is 0 Å². The normalized spacial score (nSPS) is 10.6. The van der Waals surface area contributed by atoms with Gasteiger partial charge in [0.1, 0.15) is 0 Å². The van der Waals surface area contributed by atoms with Gasteiger partial charge in [-0.25, -0.2) is 0 Å². The molecular formula is C8H9Cl2Sb. The minimum atomic E-state index is -2.03. The van der Waals surface area contributed by atoms with Crippen LogP contribution in [0.25, 0.3) is 0 Å². The van der Waals surface area contributed by atoms with Crippen molar-refractivity contribution in [2.75, 3.05) is 0 Å². The topological polar surface area (TPSA) is 0 Å². The van der Waals surface area contributed by atoms with E-state index in [2.05, 4.69) is 32.0 Å². The van der Waals surface area contributed by atoms with E-state index in [-0.39, 0.29) is 0 Å².